The first kappa shape index (κ1) is 45.1. The van der Waals surface area contributed by atoms with E-state index in [0.29, 0.717) is 62.3 Å². The lowest BCUT2D eigenvalue weighted by molar-refractivity contribution is -0.386. The van der Waals surface area contributed by atoms with Crippen molar-refractivity contribution < 1.29 is 42.2 Å². The number of rotatable bonds is 15. The molecule has 3 aliphatic carbocycles. The molecule has 67 heavy (non-hydrogen) atoms. The molecular formula is C50H58N6O10S. The number of aromatic nitrogens is 2. The third kappa shape index (κ3) is 9.56. The van der Waals surface area contributed by atoms with Gasteiger partial charge in [-0.2, -0.15) is 0 Å². The van der Waals surface area contributed by atoms with Crippen LogP contribution >= 0.6 is 0 Å². The smallest absolute Gasteiger partial charge is 0.316 e. The number of hydrogen-bond acceptors (Lipinski definition) is 13. The van der Waals surface area contributed by atoms with E-state index in [-0.39, 0.29) is 46.8 Å². The van der Waals surface area contributed by atoms with Crippen LogP contribution < -0.4 is 29.1 Å². The summed E-state index contributed by atoms with van der Waals surface area (Å²) in [5.74, 6) is -0.166. The Hall–Kier alpha value is -5.75. The molecule has 3 aromatic carbocycles. The zero-order valence-electron chi connectivity index (χ0n) is 37.9. The molecule has 3 saturated carbocycles. The van der Waals surface area contributed by atoms with Crippen LogP contribution in [0.5, 0.6) is 23.0 Å². The Morgan fingerprint density at radius 3 is 2.57 bits per heavy atom. The summed E-state index contributed by atoms with van der Waals surface area (Å²) in [5.41, 5.74) is 3.08. The van der Waals surface area contributed by atoms with E-state index in [1.807, 2.05) is 13.0 Å². The van der Waals surface area contributed by atoms with E-state index >= 15 is 0 Å². The fourth-order valence-electron chi connectivity index (χ4n) is 10.7. The van der Waals surface area contributed by atoms with E-state index in [4.69, 9.17) is 18.9 Å². The third-order valence-electron chi connectivity index (χ3n) is 14.7. The van der Waals surface area contributed by atoms with Gasteiger partial charge in [-0.25, -0.2) is 18.1 Å². The maximum absolute atomic E-state index is 14.1. The number of aromatic amines is 1. The Morgan fingerprint density at radius 1 is 1.04 bits per heavy atom. The first-order chi connectivity index (χ1) is 32.2. The zero-order valence-corrected chi connectivity index (χ0v) is 38.7. The molecule has 17 heteroatoms. The van der Waals surface area contributed by atoms with E-state index in [0.717, 1.165) is 62.0 Å². The average Bonchev–Trinajstić information content (AvgIpc) is 4.05. The minimum absolute atomic E-state index is 0.00567. The molecule has 5 aromatic rings. The second-order valence-electron chi connectivity index (χ2n) is 19.5. The number of nitrogens with one attached hydrogen (secondary N) is 3. The van der Waals surface area contributed by atoms with Gasteiger partial charge in [0.15, 0.2) is 5.75 Å². The third-order valence-corrected chi connectivity index (χ3v) is 16.0. The van der Waals surface area contributed by atoms with Gasteiger partial charge in [-0.1, -0.05) is 24.3 Å². The van der Waals surface area contributed by atoms with Crippen molar-refractivity contribution in [2.45, 2.75) is 113 Å². The molecule has 2 atom stereocenters. The first-order valence-electron chi connectivity index (χ1n) is 23.6. The lowest BCUT2D eigenvalue weighted by Gasteiger charge is -2.53. The van der Waals surface area contributed by atoms with Gasteiger partial charge in [-0.05, 0) is 131 Å². The fourth-order valence-corrected chi connectivity index (χ4v) is 11.7. The number of carbonyl (C=O) groups excluding carboxylic acids is 1. The van der Waals surface area contributed by atoms with Crippen LogP contribution in [0.25, 0.3) is 11.0 Å². The largest absolute Gasteiger partial charge is 0.485 e. The highest BCUT2D eigenvalue weighted by Gasteiger charge is 2.47. The van der Waals surface area contributed by atoms with Crippen molar-refractivity contribution in [1.29, 1.82) is 0 Å². The van der Waals surface area contributed by atoms with Crippen molar-refractivity contribution >= 4 is 38.3 Å². The molecule has 2 aromatic heterocycles. The topological polar surface area (TPSA) is 207 Å². The van der Waals surface area contributed by atoms with Gasteiger partial charge in [0.2, 0.25) is 5.75 Å². The van der Waals surface area contributed by atoms with Crippen molar-refractivity contribution in [1.82, 2.24) is 20.0 Å². The van der Waals surface area contributed by atoms with Crippen molar-refractivity contribution in [3.63, 3.8) is 0 Å². The second kappa shape index (κ2) is 18.1. The molecule has 0 radical (unpaired) electrons. The number of H-pyrrole nitrogens is 1. The minimum Gasteiger partial charge on any atom is -0.485 e. The van der Waals surface area contributed by atoms with Crippen LogP contribution in [0.15, 0.2) is 84.0 Å². The van der Waals surface area contributed by atoms with Crippen LogP contribution in [-0.4, -0.2) is 85.0 Å². The Bertz CT molecular complexity index is 2770. The number of nitrogens with zero attached hydrogens (tertiary/aromatic N) is 3. The average molecular weight is 935 g/mol. The number of nitro benzene ring substituents is 1. The van der Waals surface area contributed by atoms with E-state index < -0.39 is 43.1 Å². The predicted octanol–water partition coefficient (Wildman–Crippen LogP) is 8.46. The highest BCUT2D eigenvalue weighted by Crippen LogP contribution is 2.51. The molecular weight excluding hydrogens is 877 g/mol. The van der Waals surface area contributed by atoms with E-state index in [2.05, 4.69) is 49.2 Å². The van der Waals surface area contributed by atoms with Crippen LogP contribution in [0.4, 0.5) is 11.4 Å². The number of aliphatic hydroxyl groups is 1. The second-order valence-corrected chi connectivity index (χ2v) is 21.2. The van der Waals surface area contributed by atoms with Gasteiger partial charge in [0.05, 0.1) is 39.8 Å². The van der Waals surface area contributed by atoms with Crippen LogP contribution in [0.1, 0.15) is 112 Å². The number of amides is 1. The molecule has 1 saturated heterocycles. The monoisotopic (exact) mass is 934 g/mol. The Balaban J connectivity index is 0.844. The van der Waals surface area contributed by atoms with Gasteiger partial charge in [0.1, 0.15) is 29.9 Å². The van der Waals surface area contributed by atoms with Crippen LogP contribution in [0.3, 0.4) is 0 Å². The van der Waals surface area contributed by atoms with Gasteiger partial charge in [-0.3, -0.25) is 14.9 Å². The molecule has 4 N–H and O–H groups in total. The van der Waals surface area contributed by atoms with Crippen molar-refractivity contribution in [2.75, 3.05) is 37.8 Å². The SMILES string of the molecule is CCOC[C@H](NC1CC2(CCN(c3ccc(C(=O)NS(=O)(=O)c4cc5c(c([N+](=O)[O-])c4)O[C@H]([C@H]4CC[C@](C)(O)CC4)CO5)c(Oc4cnc5[nH]ccc5c4)c3)CC2)C1)c1ccccc1C1CC1. The zero-order chi connectivity index (χ0) is 46.5. The normalized spacial score (nSPS) is 23.1. The molecule has 1 amide bonds. The predicted molar refractivity (Wildman–Crippen MR) is 251 cm³/mol. The molecule has 0 bridgehead atoms. The van der Waals surface area contributed by atoms with Crippen LogP contribution in [0.2, 0.25) is 0 Å². The lowest BCUT2D eigenvalue weighted by atomic mass is 9.60. The van der Waals surface area contributed by atoms with Gasteiger partial charge in [0.25, 0.3) is 15.9 Å². The van der Waals surface area contributed by atoms with E-state index in [1.54, 1.807) is 37.4 Å². The molecule has 1 spiro atoms. The number of piperidine rings is 1. The van der Waals surface area contributed by atoms with E-state index in [1.165, 1.54) is 30.2 Å². The number of nitro groups is 1. The summed E-state index contributed by atoms with van der Waals surface area (Å²) in [5, 5.41) is 27.5. The Morgan fingerprint density at radius 2 is 1.82 bits per heavy atom. The molecule has 4 fully saturated rings. The molecule has 354 valence electrons. The van der Waals surface area contributed by atoms with E-state index in [9.17, 15) is 28.4 Å². The lowest BCUT2D eigenvalue weighted by Crippen LogP contribution is -2.54. The maximum atomic E-state index is 14.1. The first-order valence-corrected chi connectivity index (χ1v) is 25.1. The summed E-state index contributed by atoms with van der Waals surface area (Å²) in [6, 6.07) is 20.1. The van der Waals surface area contributed by atoms with Gasteiger partial charge >= 0.3 is 5.69 Å². The van der Waals surface area contributed by atoms with Crippen molar-refractivity contribution in [3.8, 4) is 23.0 Å². The number of pyridine rings is 1. The molecule has 16 nitrogen and oxygen atoms in total. The molecule has 0 unspecified atom stereocenters. The number of hydrogen-bond donors (Lipinski definition) is 4. The number of fused-ring (bicyclic) bond motifs is 2. The summed E-state index contributed by atoms with van der Waals surface area (Å²) in [6.07, 6.45) is 11.9. The number of anilines is 1. The summed E-state index contributed by atoms with van der Waals surface area (Å²) >= 11 is 0. The number of carbonyl (C=O) groups is 1. The quantitative estimate of drug-likeness (QED) is 0.0575. The Kier molecular flexibility index (Phi) is 12.1. The number of sulfonamides is 1. The molecule has 10 rings (SSSR count). The highest BCUT2D eigenvalue weighted by atomic mass is 32.2. The number of ether oxygens (including phenoxy) is 4. The van der Waals surface area contributed by atoms with Crippen LogP contribution in [0, 0.1) is 21.4 Å². The van der Waals surface area contributed by atoms with Gasteiger partial charge in [0, 0.05) is 61.2 Å². The Labute approximate surface area is 389 Å². The number of benzene rings is 3. The summed E-state index contributed by atoms with van der Waals surface area (Å²) in [6.45, 7) is 6.78. The van der Waals surface area contributed by atoms with Gasteiger partial charge in [-0.15, -0.1) is 0 Å². The maximum Gasteiger partial charge on any atom is 0.316 e. The fraction of sp³-hybridized carbons (Fsp3) is 0.480. The molecule has 2 aliphatic heterocycles. The standard InChI is InChI=1S/C50H58N6O10S/c1-3-63-29-41(39-7-5-4-6-38(39)31-8-9-31)53-34-26-50(27-34)17-20-55(21-18-50)35-10-11-40(43(23-35)65-36-22-33-14-19-51-47(33)52-28-36)48(57)54-67(61,62)37-24-42(56(59)60)46-44(25-37)64-30-45(66-46)32-12-15-49(2,58)16-13-32/h4-7,10-11,14,19,22-25,28,31-32,34,41,45,53,58H,3,8-9,12-13,15-18,20-21,26-27,29-30H2,1-2H3,(H,51,52)(H,54,57)/t32-,41-,45-,49-/m0/s1. The van der Waals surface area contributed by atoms with Crippen molar-refractivity contribution in [3.05, 3.63) is 106 Å². The minimum atomic E-state index is -4.69. The molecule has 4 heterocycles. The van der Waals surface area contributed by atoms with Crippen molar-refractivity contribution in [2.24, 2.45) is 11.3 Å². The summed E-state index contributed by atoms with van der Waals surface area (Å²) in [7, 11) is -4.69. The van der Waals surface area contributed by atoms with Crippen LogP contribution in [-0.2, 0) is 14.8 Å². The highest BCUT2D eigenvalue weighted by molar-refractivity contribution is 7.90. The summed E-state index contributed by atoms with van der Waals surface area (Å²) in [4.78, 5) is 34.9. The molecule has 5 aliphatic rings. The summed E-state index contributed by atoms with van der Waals surface area (Å²) < 4.78 is 54.4. The van der Waals surface area contributed by atoms with Gasteiger partial charge < -0.3 is 39.3 Å².